The molecule has 10 nitrogen and oxygen atoms in total. The van der Waals surface area contributed by atoms with Gasteiger partial charge in [0.15, 0.2) is 12.2 Å². The van der Waals surface area contributed by atoms with E-state index in [1.54, 1.807) is 60.7 Å². The molecule has 1 N–H and O–H groups in total. The van der Waals surface area contributed by atoms with Gasteiger partial charge in [-0.15, -0.1) is 0 Å². The van der Waals surface area contributed by atoms with Crippen molar-refractivity contribution in [2.75, 3.05) is 27.4 Å². The number of methoxy groups -OCH3 is 2. The summed E-state index contributed by atoms with van der Waals surface area (Å²) in [5.74, 6) is -0.222. The number of rotatable bonds is 13. The Labute approximate surface area is 255 Å². The largest absolute Gasteiger partial charge is 0.479 e. The van der Waals surface area contributed by atoms with E-state index in [0.29, 0.717) is 21.5 Å². The van der Waals surface area contributed by atoms with Crippen molar-refractivity contribution in [2.24, 2.45) is 0 Å². The van der Waals surface area contributed by atoms with Crippen LogP contribution in [0.15, 0.2) is 77.7 Å². The summed E-state index contributed by atoms with van der Waals surface area (Å²) in [6.45, 7) is 1.48. The van der Waals surface area contributed by atoms with Crippen LogP contribution in [0.4, 0.5) is 0 Å². The van der Waals surface area contributed by atoms with Crippen molar-refractivity contribution in [3.05, 3.63) is 88.4 Å². The summed E-state index contributed by atoms with van der Waals surface area (Å²) >= 11 is 11.5. The van der Waals surface area contributed by atoms with Gasteiger partial charge < -0.3 is 24.1 Å². The quantitative estimate of drug-likeness (QED) is 0.200. The molecule has 13 heteroatoms. The van der Waals surface area contributed by atoms with Crippen molar-refractivity contribution in [3.63, 3.8) is 0 Å². The molecule has 0 aromatic heterocycles. The first-order valence-electron chi connectivity index (χ1n) is 12.6. The molecular weight excluding hydrogens is 611 g/mol. The Morgan fingerprint density at radius 3 is 1.57 bits per heavy atom. The van der Waals surface area contributed by atoms with Crippen LogP contribution in [0.3, 0.4) is 0 Å². The number of carbonyl (C=O) groups excluding carboxylic acids is 2. The minimum absolute atomic E-state index is 0.000388. The van der Waals surface area contributed by atoms with E-state index >= 15 is 0 Å². The van der Waals surface area contributed by atoms with Crippen molar-refractivity contribution < 1.29 is 46.2 Å². The van der Waals surface area contributed by atoms with Crippen molar-refractivity contribution in [1.29, 1.82) is 0 Å². The van der Waals surface area contributed by atoms with Gasteiger partial charge in [0, 0.05) is 29.5 Å². The first-order chi connectivity index (χ1) is 20.0. The molecule has 0 aliphatic heterocycles. The van der Waals surface area contributed by atoms with Crippen molar-refractivity contribution in [1.82, 2.24) is 0 Å². The van der Waals surface area contributed by atoms with Crippen LogP contribution >= 0.6 is 23.2 Å². The van der Waals surface area contributed by atoms with Gasteiger partial charge >= 0.3 is 11.9 Å². The van der Waals surface area contributed by atoms with E-state index in [1.165, 1.54) is 26.4 Å². The molecule has 0 heterocycles. The predicted molar refractivity (Wildman–Crippen MR) is 156 cm³/mol. The van der Waals surface area contributed by atoms with Crippen LogP contribution in [0, 0.1) is 6.92 Å². The number of hydrogen-bond acceptors (Lipinski definition) is 10. The number of ether oxygens (including phenoxy) is 4. The lowest BCUT2D eigenvalue weighted by molar-refractivity contribution is -0.150. The lowest BCUT2D eigenvalue weighted by Gasteiger charge is -2.17. The van der Waals surface area contributed by atoms with Gasteiger partial charge in [-0.2, -0.15) is 8.42 Å². The van der Waals surface area contributed by atoms with E-state index in [2.05, 4.69) is 4.74 Å². The van der Waals surface area contributed by atoms with Crippen LogP contribution < -0.4 is 9.47 Å². The normalized spacial score (nSPS) is 12.2. The third-order valence-electron chi connectivity index (χ3n) is 5.43. The number of carbonyl (C=O) groups is 2. The van der Waals surface area contributed by atoms with Crippen molar-refractivity contribution >= 4 is 45.3 Å². The first kappa shape index (κ1) is 34.8. The van der Waals surface area contributed by atoms with E-state index in [0.717, 1.165) is 5.56 Å². The first-order valence-corrected chi connectivity index (χ1v) is 14.7. The van der Waals surface area contributed by atoms with Crippen molar-refractivity contribution in [3.8, 4) is 11.5 Å². The Morgan fingerprint density at radius 1 is 0.738 bits per heavy atom. The summed E-state index contributed by atoms with van der Waals surface area (Å²) in [6.07, 6.45) is -1.61. The highest BCUT2D eigenvalue weighted by molar-refractivity contribution is 7.86. The third-order valence-corrected chi connectivity index (χ3v) is 7.26. The molecule has 3 aromatic rings. The number of halogens is 2. The molecule has 0 radical (unpaired) electrons. The zero-order chi connectivity index (χ0) is 31.1. The molecule has 0 saturated carbocycles. The van der Waals surface area contributed by atoms with E-state index in [1.807, 2.05) is 6.92 Å². The predicted octanol–water partition coefficient (Wildman–Crippen LogP) is 5.01. The second-order valence-corrected chi connectivity index (χ2v) is 11.0. The number of aliphatic hydroxyl groups is 1. The van der Waals surface area contributed by atoms with Crippen LogP contribution in [0.5, 0.6) is 11.5 Å². The third kappa shape index (κ3) is 11.9. The topological polar surface area (TPSA) is 135 Å². The van der Waals surface area contributed by atoms with Gasteiger partial charge in [0.1, 0.15) is 11.5 Å². The van der Waals surface area contributed by atoms with Crippen LogP contribution in [0.25, 0.3) is 0 Å². The number of benzene rings is 3. The molecule has 42 heavy (non-hydrogen) atoms. The fourth-order valence-corrected chi connectivity index (χ4v) is 4.40. The lowest BCUT2D eigenvalue weighted by Crippen LogP contribution is -2.30. The molecule has 2 atom stereocenters. The van der Waals surface area contributed by atoms with E-state index in [4.69, 9.17) is 46.7 Å². The summed E-state index contributed by atoms with van der Waals surface area (Å²) in [6, 6.07) is 19.3. The highest BCUT2D eigenvalue weighted by atomic mass is 35.5. The standard InChI is InChI=1S/C18H19ClO6S.C11H13ClO4/c1-13-3-9-16(10-4-13)26(21,22)24-12-11-17(18(20)23-2)25-15-7-5-14(19)6-8-15;1-15-11(14)10(6-7-13)16-9-4-2-8(12)3-5-9/h3-10,17H,11-12H2,1-2H3;2-5,10,13H,6-7H2,1H3. The molecule has 0 aliphatic rings. The average Bonchev–Trinajstić information content (AvgIpc) is 2.98. The van der Waals surface area contributed by atoms with Crippen molar-refractivity contribution in [2.45, 2.75) is 36.9 Å². The van der Waals surface area contributed by atoms with Gasteiger partial charge in [-0.1, -0.05) is 40.9 Å². The fraction of sp³-hybridized carbons (Fsp3) is 0.310. The maximum absolute atomic E-state index is 12.2. The Kier molecular flexibility index (Phi) is 14.6. The summed E-state index contributed by atoms with van der Waals surface area (Å²) in [7, 11) is -1.41. The number of aryl methyl sites for hydroxylation is 1. The highest BCUT2D eigenvalue weighted by Crippen LogP contribution is 2.20. The molecule has 0 saturated heterocycles. The highest BCUT2D eigenvalue weighted by Gasteiger charge is 2.24. The number of aliphatic hydroxyl groups excluding tert-OH is 1. The second-order valence-electron chi connectivity index (χ2n) is 8.56. The van der Waals surface area contributed by atoms with Gasteiger partial charge in [0.05, 0.1) is 25.7 Å². The van der Waals surface area contributed by atoms with Gasteiger partial charge in [-0.05, 0) is 67.6 Å². The maximum Gasteiger partial charge on any atom is 0.347 e. The van der Waals surface area contributed by atoms with Gasteiger partial charge in [-0.25, -0.2) is 9.59 Å². The van der Waals surface area contributed by atoms with Gasteiger partial charge in [0.2, 0.25) is 0 Å². The minimum Gasteiger partial charge on any atom is -0.479 e. The van der Waals surface area contributed by atoms with Crippen LogP contribution in [0.1, 0.15) is 18.4 Å². The molecule has 3 rings (SSSR count). The Hall–Kier alpha value is -3.35. The molecule has 0 bridgehead atoms. The monoisotopic (exact) mass is 642 g/mol. The minimum atomic E-state index is -3.91. The zero-order valence-corrected chi connectivity index (χ0v) is 25.5. The molecule has 2 unspecified atom stereocenters. The molecule has 0 aliphatic carbocycles. The van der Waals surface area contributed by atoms with Crippen LogP contribution in [0.2, 0.25) is 10.0 Å². The van der Waals surface area contributed by atoms with Crippen LogP contribution in [-0.4, -0.2) is 65.1 Å². The Morgan fingerprint density at radius 2 is 1.17 bits per heavy atom. The van der Waals surface area contributed by atoms with E-state index < -0.39 is 34.3 Å². The fourth-order valence-electron chi connectivity index (χ4n) is 3.22. The molecule has 0 fully saturated rings. The van der Waals surface area contributed by atoms with E-state index in [-0.39, 0.29) is 31.0 Å². The zero-order valence-electron chi connectivity index (χ0n) is 23.2. The smallest absolute Gasteiger partial charge is 0.347 e. The molecule has 228 valence electrons. The van der Waals surface area contributed by atoms with Gasteiger partial charge in [-0.3, -0.25) is 4.18 Å². The summed E-state index contributed by atoms with van der Waals surface area (Å²) in [5, 5.41) is 9.91. The van der Waals surface area contributed by atoms with Crippen LogP contribution in [-0.2, 0) is 33.4 Å². The maximum atomic E-state index is 12.2. The summed E-state index contributed by atoms with van der Waals surface area (Å²) < 4.78 is 49.5. The average molecular weight is 644 g/mol. The summed E-state index contributed by atoms with van der Waals surface area (Å²) in [4.78, 5) is 23.2. The number of hydrogen-bond donors (Lipinski definition) is 1. The summed E-state index contributed by atoms with van der Waals surface area (Å²) in [5.41, 5.74) is 0.936. The molecule has 3 aromatic carbocycles. The second kappa shape index (κ2) is 17.6. The lowest BCUT2D eigenvalue weighted by atomic mass is 10.2. The molecule has 0 amide bonds. The molecular formula is C29H32Cl2O10S. The molecule has 0 spiro atoms. The van der Waals surface area contributed by atoms with E-state index in [9.17, 15) is 18.0 Å². The number of esters is 2. The SMILES string of the molecule is COC(=O)C(CCO)Oc1ccc(Cl)cc1.COC(=O)C(CCOS(=O)(=O)c1ccc(C)cc1)Oc1ccc(Cl)cc1. The van der Waals surface area contributed by atoms with Gasteiger partial charge in [0.25, 0.3) is 10.1 Å². The Balaban J connectivity index is 0.000000330. The Bertz CT molecular complexity index is 1360.